The minimum absolute atomic E-state index is 0.00897. The van der Waals surface area contributed by atoms with Crippen molar-refractivity contribution in [3.05, 3.63) is 11.4 Å². The van der Waals surface area contributed by atoms with Crippen LogP contribution in [0.15, 0.2) is 0 Å². The molecule has 2 rings (SSSR count). The van der Waals surface area contributed by atoms with Crippen molar-refractivity contribution in [1.82, 2.24) is 20.3 Å². The van der Waals surface area contributed by atoms with E-state index >= 15 is 0 Å². The topological polar surface area (TPSA) is 95.3 Å². The molecule has 0 aromatic carbocycles. The number of methoxy groups -OCH3 is 2. The van der Waals surface area contributed by atoms with Crippen LogP contribution in [0.25, 0.3) is 0 Å². The molecule has 1 aliphatic rings. The molecule has 21 heavy (non-hydrogen) atoms. The molecular weight excluding hydrogens is 276 g/mol. The van der Waals surface area contributed by atoms with E-state index in [2.05, 4.69) is 20.4 Å². The monoisotopic (exact) mass is 296 g/mol. The Hall–Kier alpha value is -1.96. The minimum Gasteiger partial charge on any atom is -0.464 e. The standard InChI is InChI=1S/C13H20N4O4/c1-20-8-6-10-12(13(19)21-2)15-16-17(10)7-5-11(18)14-9-3-4-9/h9H,3-8H2,1-2H3,(H,14,18). The van der Waals surface area contributed by atoms with E-state index < -0.39 is 5.97 Å². The first kappa shape index (κ1) is 15.4. The van der Waals surface area contributed by atoms with Gasteiger partial charge in [-0.05, 0) is 12.8 Å². The number of rotatable bonds is 8. The van der Waals surface area contributed by atoms with Crippen molar-refractivity contribution in [3.8, 4) is 0 Å². The van der Waals surface area contributed by atoms with Crippen LogP contribution in [0, 0.1) is 0 Å². The third kappa shape index (κ3) is 4.25. The smallest absolute Gasteiger partial charge is 0.360 e. The summed E-state index contributed by atoms with van der Waals surface area (Å²) in [5.41, 5.74) is 0.806. The van der Waals surface area contributed by atoms with E-state index in [0.717, 1.165) is 12.8 Å². The number of carbonyl (C=O) groups is 2. The highest BCUT2D eigenvalue weighted by molar-refractivity contribution is 5.88. The molecule has 1 aromatic heterocycles. The van der Waals surface area contributed by atoms with Gasteiger partial charge in [0.05, 0.1) is 26.0 Å². The Labute approximate surface area is 122 Å². The lowest BCUT2D eigenvalue weighted by Crippen LogP contribution is -2.26. The van der Waals surface area contributed by atoms with Gasteiger partial charge in [0.1, 0.15) is 0 Å². The van der Waals surface area contributed by atoms with Gasteiger partial charge < -0.3 is 14.8 Å². The molecule has 116 valence electrons. The van der Waals surface area contributed by atoms with E-state index in [1.807, 2.05) is 0 Å². The lowest BCUT2D eigenvalue weighted by molar-refractivity contribution is -0.121. The van der Waals surface area contributed by atoms with Gasteiger partial charge in [-0.2, -0.15) is 0 Å². The molecule has 1 aromatic rings. The minimum atomic E-state index is -0.533. The predicted molar refractivity (Wildman–Crippen MR) is 72.7 cm³/mol. The second-order valence-corrected chi connectivity index (χ2v) is 4.93. The van der Waals surface area contributed by atoms with E-state index in [1.165, 1.54) is 7.11 Å². The van der Waals surface area contributed by atoms with Gasteiger partial charge in [-0.25, -0.2) is 9.48 Å². The first-order valence-electron chi connectivity index (χ1n) is 6.94. The molecule has 0 atom stereocenters. The maximum absolute atomic E-state index is 11.7. The van der Waals surface area contributed by atoms with Crippen LogP contribution in [0.1, 0.15) is 35.4 Å². The van der Waals surface area contributed by atoms with Crippen LogP contribution in [0.5, 0.6) is 0 Å². The highest BCUT2D eigenvalue weighted by Crippen LogP contribution is 2.18. The van der Waals surface area contributed by atoms with E-state index in [-0.39, 0.29) is 11.6 Å². The third-order valence-corrected chi connectivity index (χ3v) is 3.25. The zero-order chi connectivity index (χ0) is 15.2. The Morgan fingerprint density at radius 2 is 2.14 bits per heavy atom. The molecule has 0 saturated heterocycles. The van der Waals surface area contributed by atoms with Gasteiger partial charge in [0.15, 0.2) is 5.69 Å². The zero-order valence-electron chi connectivity index (χ0n) is 12.3. The fourth-order valence-corrected chi connectivity index (χ4v) is 1.95. The molecule has 1 amide bonds. The number of nitrogens with zero attached hydrogens (tertiary/aromatic N) is 3. The number of amides is 1. The van der Waals surface area contributed by atoms with Crippen molar-refractivity contribution in [1.29, 1.82) is 0 Å². The number of aromatic nitrogens is 3. The second-order valence-electron chi connectivity index (χ2n) is 4.93. The van der Waals surface area contributed by atoms with Gasteiger partial charge in [0, 0.05) is 26.0 Å². The summed E-state index contributed by atoms with van der Waals surface area (Å²) in [5.74, 6) is -0.542. The Morgan fingerprint density at radius 1 is 1.38 bits per heavy atom. The maximum atomic E-state index is 11.7. The van der Waals surface area contributed by atoms with Crippen LogP contribution < -0.4 is 5.32 Å². The van der Waals surface area contributed by atoms with Crippen molar-refractivity contribution in [2.75, 3.05) is 20.8 Å². The summed E-state index contributed by atoms with van der Waals surface area (Å²) in [4.78, 5) is 23.3. The number of aryl methyl sites for hydroxylation is 1. The SMILES string of the molecule is COCCc1c(C(=O)OC)nnn1CCC(=O)NC1CC1. The average Bonchev–Trinajstić information content (AvgIpc) is 3.20. The van der Waals surface area contributed by atoms with Gasteiger partial charge in [-0.3, -0.25) is 4.79 Å². The van der Waals surface area contributed by atoms with Crippen molar-refractivity contribution in [2.45, 2.75) is 38.3 Å². The van der Waals surface area contributed by atoms with E-state index in [9.17, 15) is 9.59 Å². The molecule has 1 aliphatic carbocycles. The number of hydrogen-bond acceptors (Lipinski definition) is 6. The first-order valence-corrected chi connectivity index (χ1v) is 6.94. The summed E-state index contributed by atoms with van der Waals surface area (Å²) in [6.45, 7) is 0.813. The van der Waals surface area contributed by atoms with E-state index in [1.54, 1.807) is 11.8 Å². The summed E-state index contributed by atoms with van der Waals surface area (Å²) in [7, 11) is 2.87. The number of hydrogen-bond donors (Lipinski definition) is 1. The van der Waals surface area contributed by atoms with Gasteiger partial charge in [-0.1, -0.05) is 5.21 Å². The van der Waals surface area contributed by atoms with Crippen LogP contribution in [0.3, 0.4) is 0 Å². The Kier molecular flexibility index (Phi) is 5.26. The molecule has 1 N–H and O–H groups in total. The number of carbonyl (C=O) groups excluding carboxylic acids is 2. The molecular formula is C13H20N4O4. The third-order valence-electron chi connectivity index (χ3n) is 3.25. The number of nitrogens with one attached hydrogen (secondary N) is 1. The van der Waals surface area contributed by atoms with Gasteiger partial charge in [-0.15, -0.1) is 5.10 Å². The highest BCUT2D eigenvalue weighted by Gasteiger charge is 2.24. The summed E-state index contributed by atoms with van der Waals surface area (Å²) < 4.78 is 11.3. The van der Waals surface area contributed by atoms with Gasteiger partial charge >= 0.3 is 5.97 Å². The summed E-state index contributed by atoms with van der Waals surface area (Å²) in [5, 5.41) is 10.7. The molecule has 1 saturated carbocycles. The summed E-state index contributed by atoms with van der Waals surface area (Å²) in [6, 6.07) is 0.340. The van der Waals surface area contributed by atoms with Gasteiger partial charge in [0.2, 0.25) is 5.91 Å². The van der Waals surface area contributed by atoms with Crippen LogP contribution >= 0.6 is 0 Å². The average molecular weight is 296 g/mol. The van der Waals surface area contributed by atoms with Crippen molar-refractivity contribution in [3.63, 3.8) is 0 Å². The quantitative estimate of drug-likeness (QED) is 0.674. The summed E-state index contributed by atoms with van der Waals surface area (Å²) >= 11 is 0. The van der Waals surface area contributed by atoms with Crippen LogP contribution in [0.2, 0.25) is 0 Å². The predicted octanol–water partition coefficient (Wildman–Crippen LogP) is -0.0777. The van der Waals surface area contributed by atoms with Crippen molar-refractivity contribution < 1.29 is 19.1 Å². The second kappa shape index (κ2) is 7.16. The molecule has 1 heterocycles. The van der Waals surface area contributed by atoms with E-state index in [4.69, 9.17) is 4.74 Å². The fourth-order valence-electron chi connectivity index (χ4n) is 1.95. The normalized spacial score (nSPS) is 14.0. The van der Waals surface area contributed by atoms with Crippen molar-refractivity contribution in [2.24, 2.45) is 0 Å². The molecule has 8 nitrogen and oxygen atoms in total. The molecule has 0 unspecified atom stereocenters. The molecule has 1 fully saturated rings. The lowest BCUT2D eigenvalue weighted by atomic mass is 10.2. The Balaban J connectivity index is 2.00. The van der Waals surface area contributed by atoms with Crippen LogP contribution in [0.4, 0.5) is 0 Å². The van der Waals surface area contributed by atoms with Crippen LogP contribution in [-0.2, 0) is 27.2 Å². The molecule has 0 spiro atoms. The number of ether oxygens (including phenoxy) is 2. The first-order chi connectivity index (χ1) is 10.2. The Bertz CT molecular complexity index is 510. The fraction of sp³-hybridized carbons (Fsp3) is 0.692. The Morgan fingerprint density at radius 3 is 2.76 bits per heavy atom. The maximum Gasteiger partial charge on any atom is 0.360 e. The largest absolute Gasteiger partial charge is 0.464 e. The lowest BCUT2D eigenvalue weighted by Gasteiger charge is -2.07. The van der Waals surface area contributed by atoms with Crippen LogP contribution in [-0.4, -0.2) is 53.7 Å². The zero-order valence-corrected chi connectivity index (χ0v) is 12.3. The van der Waals surface area contributed by atoms with E-state index in [0.29, 0.717) is 37.7 Å². The number of esters is 1. The molecule has 0 radical (unpaired) electrons. The highest BCUT2D eigenvalue weighted by atomic mass is 16.5. The molecule has 0 aliphatic heterocycles. The molecule has 0 bridgehead atoms. The van der Waals surface area contributed by atoms with Gasteiger partial charge in [0.25, 0.3) is 0 Å². The molecule has 8 heteroatoms. The summed E-state index contributed by atoms with van der Waals surface area (Å²) in [6.07, 6.45) is 2.90. The van der Waals surface area contributed by atoms with Crippen molar-refractivity contribution >= 4 is 11.9 Å².